The van der Waals surface area contributed by atoms with Gasteiger partial charge in [-0.2, -0.15) is 13.2 Å². The second-order valence-electron chi connectivity index (χ2n) is 11.1. The number of rotatable bonds is 6. The fourth-order valence-electron chi connectivity index (χ4n) is 5.88. The molecule has 4 fully saturated rings. The van der Waals surface area contributed by atoms with Crippen molar-refractivity contribution in [3.05, 3.63) is 28.7 Å². The molecule has 1 aromatic carbocycles. The van der Waals surface area contributed by atoms with Crippen LogP contribution in [-0.2, 0) is 4.79 Å². The third-order valence-electron chi connectivity index (χ3n) is 8.12. The highest BCUT2D eigenvalue weighted by molar-refractivity contribution is 9.10. The van der Waals surface area contributed by atoms with E-state index in [1.54, 1.807) is 23.1 Å². The zero-order chi connectivity index (χ0) is 25.6. The van der Waals surface area contributed by atoms with E-state index in [0.717, 1.165) is 43.0 Å². The van der Waals surface area contributed by atoms with E-state index in [2.05, 4.69) is 26.6 Å². The predicted octanol–water partition coefficient (Wildman–Crippen LogP) is 5.29. The summed E-state index contributed by atoms with van der Waals surface area (Å²) in [5, 5.41) is 16.0. The Labute approximate surface area is 212 Å². The van der Waals surface area contributed by atoms with Crippen LogP contribution >= 0.6 is 15.9 Å². The van der Waals surface area contributed by atoms with Gasteiger partial charge in [0.2, 0.25) is 5.91 Å². The molecule has 6 nitrogen and oxygen atoms in total. The minimum atomic E-state index is -4.74. The molecule has 0 aromatic heterocycles. The molecule has 10 heteroatoms. The van der Waals surface area contributed by atoms with Gasteiger partial charge in [0.15, 0.2) is 5.60 Å². The van der Waals surface area contributed by atoms with Crippen LogP contribution in [-0.4, -0.2) is 46.9 Å². The lowest BCUT2D eigenvalue weighted by Gasteiger charge is -2.55. The number of halogens is 4. The number of alkyl halides is 3. The van der Waals surface area contributed by atoms with Crippen LogP contribution in [0.4, 0.5) is 23.7 Å². The van der Waals surface area contributed by atoms with Gasteiger partial charge in [0, 0.05) is 34.2 Å². The van der Waals surface area contributed by atoms with Gasteiger partial charge >= 0.3 is 12.2 Å². The quantitative estimate of drug-likeness (QED) is 0.443. The first kappa shape index (κ1) is 26.3. The van der Waals surface area contributed by atoms with Gasteiger partial charge in [-0.15, -0.1) is 0 Å². The van der Waals surface area contributed by atoms with Crippen LogP contribution in [0.5, 0.6) is 0 Å². The molecule has 0 spiro atoms. The molecule has 4 aliphatic rings. The first-order chi connectivity index (χ1) is 16.3. The Morgan fingerprint density at radius 2 is 1.74 bits per heavy atom. The monoisotopic (exact) mass is 559 g/mol. The highest BCUT2D eigenvalue weighted by Gasteiger charge is 2.63. The average Bonchev–Trinajstić information content (AvgIpc) is 2.75. The van der Waals surface area contributed by atoms with Crippen LogP contribution in [0.3, 0.4) is 0 Å². The highest BCUT2D eigenvalue weighted by Crippen LogP contribution is 2.54. The van der Waals surface area contributed by atoms with Gasteiger partial charge < -0.3 is 20.6 Å². The molecule has 0 heterocycles. The van der Waals surface area contributed by atoms with Gasteiger partial charge in [0.25, 0.3) is 0 Å². The first-order valence-electron chi connectivity index (χ1n) is 12.2. The number of nitrogens with zero attached hydrogens (tertiary/aromatic N) is 1. The van der Waals surface area contributed by atoms with Crippen molar-refractivity contribution in [1.29, 1.82) is 0 Å². The fraction of sp³-hybridized carbons (Fsp3) is 0.680. The standard InChI is InChI=1S/C25H33BrF3N3O3/c1-16(2)30-21(34)31-23-9-6-22(7-10-23,8-11-23)15-32(19-5-3-4-18(26)12-19)20(33)17-13-24(35,14-17)25(27,28)29/h3-5,12,16-17,35H,6-11,13-15H2,1-2H3,(H2,30,31,34). The molecule has 1 aromatic rings. The van der Waals surface area contributed by atoms with Crippen molar-refractivity contribution in [2.45, 2.75) is 88.6 Å². The van der Waals surface area contributed by atoms with E-state index in [9.17, 15) is 27.9 Å². The summed E-state index contributed by atoms with van der Waals surface area (Å²) in [4.78, 5) is 27.4. The smallest absolute Gasteiger partial charge is 0.380 e. The van der Waals surface area contributed by atoms with E-state index < -0.39 is 30.5 Å². The minimum Gasteiger partial charge on any atom is -0.380 e. The molecule has 194 valence electrons. The van der Waals surface area contributed by atoms with Crippen molar-refractivity contribution in [2.75, 3.05) is 11.4 Å². The Bertz CT molecular complexity index is 954. The maximum Gasteiger partial charge on any atom is 0.417 e. The highest BCUT2D eigenvalue weighted by atomic mass is 79.9. The van der Waals surface area contributed by atoms with E-state index in [1.807, 2.05) is 19.9 Å². The number of fused-ring (bicyclic) bond motifs is 3. The molecule has 0 radical (unpaired) electrons. The molecule has 0 unspecified atom stereocenters. The zero-order valence-corrected chi connectivity index (χ0v) is 21.6. The zero-order valence-electron chi connectivity index (χ0n) is 20.1. The largest absolute Gasteiger partial charge is 0.417 e. The first-order valence-corrected chi connectivity index (χ1v) is 13.0. The Kier molecular flexibility index (Phi) is 6.94. The van der Waals surface area contributed by atoms with Gasteiger partial charge in [-0.1, -0.05) is 22.0 Å². The van der Waals surface area contributed by atoms with Crippen molar-refractivity contribution in [3.8, 4) is 0 Å². The maximum absolute atomic E-state index is 13.5. The van der Waals surface area contributed by atoms with Crippen LogP contribution < -0.4 is 15.5 Å². The molecule has 35 heavy (non-hydrogen) atoms. The molecule has 2 bridgehead atoms. The van der Waals surface area contributed by atoms with Crippen molar-refractivity contribution in [2.24, 2.45) is 11.3 Å². The molecular formula is C25H33BrF3N3O3. The third-order valence-corrected chi connectivity index (χ3v) is 8.62. The molecule has 3 amide bonds. The van der Waals surface area contributed by atoms with Crippen molar-refractivity contribution >= 4 is 33.6 Å². The van der Waals surface area contributed by atoms with Gasteiger partial charge in [-0.25, -0.2) is 4.79 Å². The number of aliphatic hydroxyl groups is 1. The Morgan fingerprint density at radius 1 is 1.14 bits per heavy atom. The number of hydrogen-bond acceptors (Lipinski definition) is 3. The number of amides is 3. The summed E-state index contributed by atoms with van der Waals surface area (Å²) in [5.74, 6) is -1.24. The fourth-order valence-corrected chi connectivity index (χ4v) is 6.27. The Hall–Kier alpha value is -1.81. The number of anilines is 1. The van der Waals surface area contributed by atoms with Crippen LogP contribution in [0, 0.1) is 11.3 Å². The summed E-state index contributed by atoms with van der Waals surface area (Å²) in [6.45, 7) is 4.24. The number of carbonyl (C=O) groups excluding carboxylic acids is 2. The van der Waals surface area contributed by atoms with Crippen LogP contribution in [0.1, 0.15) is 65.2 Å². The Balaban J connectivity index is 1.48. The van der Waals surface area contributed by atoms with E-state index in [1.165, 1.54) is 0 Å². The lowest BCUT2D eigenvalue weighted by atomic mass is 9.57. The average molecular weight is 560 g/mol. The number of nitrogens with one attached hydrogen (secondary N) is 2. The van der Waals surface area contributed by atoms with Gasteiger partial charge in [0.1, 0.15) is 0 Å². The molecule has 0 aliphatic heterocycles. The van der Waals surface area contributed by atoms with Gasteiger partial charge in [-0.3, -0.25) is 4.79 Å². The summed E-state index contributed by atoms with van der Waals surface area (Å²) in [7, 11) is 0. The summed E-state index contributed by atoms with van der Waals surface area (Å²) in [6, 6.07) is 7.11. The number of benzene rings is 1. The van der Waals surface area contributed by atoms with Crippen LogP contribution in [0.2, 0.25) is 0 Å². The van der Waals surface area contributed by atoms with Gasteiger partial charge in [-0.05, 0) is 88.8 Å². The summed E-state index contributed by atoms with van der Waals surface area (Å²) in [5.41, 5.74) is -2.55. The third kappa shape index (κ3) is 5.33. The number of urea groups is 1. The predicted molar refractivity (Wildman–Crippen MR) is 130 cm³/mol. The lowest BCUT2D eigenvalue weighted by molar-refractivity contribution is -0.295. The number of hydrogen-bond donors (Lipinski definition) is 3. The SMILES string of the molecule is CC(C)NC(=O)NC12CCC(CN(C(=O)C3CC(O)(C(F)(F)F)C3)c3cccc(Br)c3)(CC1)CC2. The molecule has 5 rings (SSSR count). The van der Waals surface area contributed by atoms with Gasteiger partial charge in [0.05, 0.1) is 0 Å². The maximum atomic E-state index is 13.5. The van der Waals surface area contributed by atoms with Crippen LogP contribution in [0.25, 0.3) is 0 Å². The summed E-state index contributed by atoms with van der Waals surface area (Å²) in [6.07, 6.45) is -1.08. The van der Waals surface area contributed by atoms with Crippen molar-refractivity contribution in [3.63, 3.8) is 0 Å². The van der Waals surface area contributed by atoms with E-state index in [4.69, 9.17) is 0 Å². The topological polar surface area (TPSA) is 81.7 Å². The normalized spacial score (nSPS) is 32.2. The molecule has 3 N–H and O–H groups in total. The minimum absolute atomic E-state index is 0.0453. The molecular weight excluding hydrogens is 527 g/mol. The molecule has 4 saturated carbocycles. The Morgan fingerprint density at radius 3 is 2.26 bits per heavy atom. The van der Waals surface area contributed by atoms with E-state index >= 15 is 0 Å². The number of carbonyl (C=O) groups is 2. The van der Waals surface area contributed by atoms with Crippen molar-refractivity contribution in [1.82, 2.24) is 10.6 Å². The molecule has 4 aliphatic carbocycles. The molecule has 0 atom stereocenters. The summed E-state index contributed by atoms with van der Waals surface area (Å²) >= 11 is 3.43. The van der Waals surface area contributed by atoms with E-state index in [0.29, 0.717) is 12.2 Å². The van der Waals surface area contributed by atoms with Crippen LogP contribution in [0.15, 0.2) is 28.7 Å². The van der Waals surface area contributed by atoms with E-state index in [-0.39, 0.29) is 28.9 Å². The second-order valence-corrected chi connectivity index (χ2v) is 12.0. The summed E-state index contributed by atoms with van der Waals surface area (Å²) < 4.78 is 40.3. The van der Waals surface area contributed by atoms with Crippen molar-refractivity contribution < 1.29 is 27.9 Å². The second kappa shape index (κ2) is 9.25. The lowest BCUT2D eigenvalue weighted by Crippen LogP contribution is -2.62. The molecule has 0 saturated heterocycles.